The number of thioether (sulfide) groups is 1. The fraction of sp³-hybridized carbons (Fsp3) is 0.684. The van der Waals surface area contributed by atoms with Gasteiger partial charge in [0.25, 0.3) is 0 Å². The van der Waals surface area contributed by atoms with Crippen molar-refractivity contribution in [2.24, 2.45) is 5.92 Å². The lowest BCUT2D eigenvalue weighted by Crippen LogP contribution is -3.29. The Kier molecular flexibility index (Phi) is 5.83. The highest BCUT2D eigenvalue weighted by Gasteiger charge is 2.32. The maximum absolute atomic E-state index is 2.45. The van der Waals surface area contributed by atoms with Crippen molar-refractivity contribution >= 4 is 11.8 Å². The van der Waals surface area contributed by atoms with Gasteiger partial charge in [-0.2, -0.15) is 0 Å². The fourth-order valence-electron chi connectivity index (χ4n) is 4.35. The van der Waals surface area contributed by atoms with Gasteiger partial charge < -0.3 is 9.80 Å². The van der Waals surface area contributed by atoms with E-state index >= 15 is 0 Å². The Balaban J connectivity index is 1.46. The molecule has 0 amide bonds. The predicted octanol–water partition coefficient (Wildman–Crippen LogP) is 1.27. The third kappa shape index (κ3) is 4.27. The monoisotopic (exact) mass is 320 g/mol. The first-order valence-electron chi connectivity index (χ1n) is 9.05. The predicted molar refractivity (Wildman–Crippen MR) is 94.7 cm³/mol. The third-order valence-corrected chi connectivity index (χ3v) is 6.47. The lowest BCUT2D eigenvalue weighted by molar-refractivity contribution is -1.03. The summed E-state index contributed by atoms with van der Waals surface area (Å²) in [6.07, 6.45) is 8.03. The molecule has 1 aliphatic carbocycles. The summed E-state index contributed by atoms with van der Waals surface area (Å²) >= 11 is 1.83. The molecule has 0 radical (unpaired) electrons. The van der Waals surface area contributed by atoms with Crippen LogP contribution in [0.25, 0.3) is 0 Å². The SMILES string of the molecule is CSc1ccc(C[NH+]2CC[NH+]([C@H]3CCC[C@H](C)C3)CC2)cc1. The zero-order valence-corrected chi connectivity index (χ0v) is 15.1. The van der Waals surface area contributed by atoms with E-state index in [0.717, 1.165) is 12.0 Å². The number of nitrogens with one attached hydrogen (secondary N) is 2. The number of hydrogen-bond acceptors (Lipinski definition) is 1. The van der Waals surface area contributed by atoms with E-state index in [4.69, 9.17) is 0 Å². The van der Waals surface area contributed by atoms with Gasteiger partial charge in [0.2, 0.25) is 0 Å². The number of quaternary nitrogens is 2. The molecule has 2 atom stereocenters. The van der Waals surface area contributed by atoms with Crippen LogP contribution < -0.4 is 9.80 Å². The minimum atomic E-state index is 0.964. The standard InChI is InChI=1S/C19H30N2S/c1-16-4-3-5-18(14-16)21-12-10-20(11-13-21)15-17-6-8-19(22-2)9-7-17/h6-9,16,18H,3-5,10-15H2,1-2H3/p+2/t16-,18-/m0/s1. The van der Waals surface area contributed by atoms with Crippen LogP contribution in [0.2, 0.25) is 0 Å². The van der Waals surface area contributed by atoms with E-state index in [9.17, 15) is 0 Å². The Morgan fingerprint density at radius 3 is 2.41 bits per heavy atom. The second-order valence-electron chi connectivity index (χ2n) is 7.40. The second kappa shape index (κ2) is 7.85. The van der Waals surface area contributed by atoms with Crippen molar-refractivity contribution in [2.45, 2.75) is 50.1 Å². The summed E-state index contributed by atoms with van der Waals surface area (Å²) in [6.45, 7) is 9.13. The minimum Gasteiger partial charge on any atom is -0.323 e. The van der Waals surface area contributed by atoms with E-state index in [1.165, 1.54) is 68.9 Å². The molecular formula is C19H32N2S+2. The van der Waals surface area contributed by atoms with Crippen LogP contribution in [-0.2, 0) is 6.54 Å². The second-order valence-corrected chi connectivity index (χ2v) is 8.28. The average molecular weight is 321 g/mol. The zero-order valence-electron chi connectivity index (χ0n) is 14.2. The number of hydrogen-bond donors (Lipinski definition) is 2. The van der Waals surface area contributed by atoms with Gasteiger partial charge in [-0.05, 0) is 37.1 Å². The lowest BCUT2D eigenvalue weighted by atomic mass is 9.86. The normalized spacial score (nSPS) is 32.8. The first-order chi connectivity index (χ1) is 10.7. The van der Waals surface area contributed by atoms with E-state index in [-0.39, 0.29) is 0 Å². The minimum absolute atomic E-state index is 0.964. The van der Waals surface area contributed by atoms with E-state index in [0.29, 0.717) is 0 Å². The molecule has 3 rings (SSSR count). The Morgan fingerprint density at radius 2 is 1.77 bits per heavy atom. The molecular weight excluding hydrogens is 288 g/mol. The van der Waals surface area contributed by atoms with Crippen LogP contribution >= 0.6 is 11.8 Å². The molecule has 1 heterocycles. The quantitative estimate of drug-likeness (QED) is 0.794. The number of rotatable bonds is 4. The molecule has 2 N–H and O–H groups in total. The topological polar surface area (TPSA) is 8.88 Å². The highest BCUT2D eigenvalue weighted by Crippen LogP contribution is 2.21. The van der Waals surface area contributed by atoms with Crippen molar-refractivity contribution in [3.8, 4) is 0 Å². The molecule has 0 spiro atoms. The van der Waals surface area contributed by atoms with Gasteiger partial charge in [0.15, 0.2) is 0 Å². The maximum atomic E-state index is 2.45. The fourth-order valence-corrected chi connectivity index (χ4v) is 4.75. The van der Waals surface area contributed by atoms with Crippen LogP contribution in [0.1, 0.15) is 38.2 Å². The van der Waals surface area contributed by atoms with Crippen molar-refractivity contribution in [1.29, 1.82) is 0 Å². The molecule has 2 nitrogen and oxygen atoms in total. The number of benzene rings is 1. The zero-order chi connectivity index (χ0) is 15.4. The van der Waals surface area contributed by atoms with Crippen molar-refractivity contribution in [2.75, 3.05) is 32.4 Å². The van der Waals surface area contributed by atoms with E-state index in [1.807, 2.05) is 16.7 Å². The van der Waals surface area contributed by atoms with Crippen LogP contribution in [0.4, 0.5) is 0 Å². The molecule has 0 unspecified atom stereocenters. The molecule has 3 heteroatoms. The van der Waals surface area contributed by atoms with Gasteiger partial charge in [0.1, 0.15) is 32.7 Å². The molecule has 2 fully saturated rings. The third-order valence-electron chi connectivity index (χ3n) is 5.73. The summed E-state index contributed by atoms with van der Waals surface area (Å²) in [5.74, 6) is 0.964. The van der Waals surface area contributed by atoms with Gasteiger partial charge in [0, 0.05) is 16.9 Å². The molecule has 122 valence electrons. The van der Waals surface area contributed by atoms with Gasteiger partial charge in [-0.25, -0.2) is 0 Å². The summed E-state index contributed by atoms with van der Waals surface area (Å²) in [4.78, 5) is 5.07. The van der Waals surface area contributed by atoms with Gasteiger partial charge >= 0.3 is 0 Å². The largest absolute Gasteiger partial charge is 0.323 e. The molecule has 1 saturated heterocycles. The Bertz CT molecular complexity index is 451. The van der Waals surface area contributed by atoms with E-state index in [2.05, 4.69) is 37.4 Å². The Labute approximate surface area is 140 Å². The Morgan fingerprint density at radius 1 is 1.05 bits per heavy atom. The van der Waals surface area contributed by atoms with Crippen LogP contribution in [0.3, 0.4) is 0 Å². The summed E-state index contributed by atoms with van der Waals surface area (Å²) in [7, 11) is 0. The van der Waals surface area contributed by atoms with E-state index in [1.54, 1.807) is 4.90 Å². The molecule has 0 aromatic heterocycles. The average Bonchev–Trinajstić information content (AvgIpc) is 2.56. The van der Waals surface area contributed by atoms with Crippen molar-refractivity contribution in [3.63, 3.8) is 0 Å². The lowest BCUT2D eigenvalue weighted by Gasteiger charge is -2.37. The van der Waals surface area contributed by atoms with Crippen LogP contribution in [-0.4, -0.2) is 38.5 Å². The van der Waals surface area contributed by atoms with Gasteiger partial charge in [-0.1, -0.05) is 25.5 Å². The summed E-state index contributed by atoms with van der Waals surface area (Å²) in [5, 5.41) is 0. The van der Waals surface area contributed by atoms with Gasteiger partial charge in [-0.3, -0.25) is 0 Å². The molecule has 1 aromatic rings. The molecule has 2 aliphatic rings. The molecule has 1 aliphatic heterocycles. The first-order valence-corrected chi connectivity index (χ1v) is 10.3. The van der Waals surface area contributed by atoms with Gasteiger partial charge in [0.05, 0.1) is 6.04 Å². The molecule has 1 saturated carbocycles. The highest BCUT2D eigenvalue weighted by molar-refractivity contribution is 7.98. The Hall–Kier alpha value is -0.510. The highest BCUT2D eigenvalue weighted by atomic mass is 32.2. The van der Waals surface area contributed by atoms with Crippen LogP contribution in [0.15, 0.2) is 29.2 Å². The van der Waals surface area contributed by atoms with Gasteiger partial charge in [-0.15, -0.1) is 11.8 Å². The molecule has 1 aromatic carbocycles. The first kappa shape index (κ1) is 16.4. The molecule has 0 bridgehead atoms. The van der Waals surface area contributed by atoms with E-state index < -0.39 is 0 Å². The van der Waals surface area contributed by atoms with Crippen molar-refractivity contribution in [3.05, 3.63) is 29.8 Å². The van der Waals surface area contributed by atoms with Crippen LogP contribution in [0.5, 0.6) is 0 Å². The summed E-state index contributed by atoms with van der Waals surface area (Å²) < 4.78 is 0. The summed E-state index contributed by atoms with van der Waals surface area (Å²) in [6, 6.07) is 10.1. The molecule has 22 heavy (non-hydrogen) atoms. The smallest absolute Gasteiger partial charge is 0.127 e. The van der Waals surface area contributed by atoms with Crippen LogP contribution in [0, 0.1) is 5.92 Å². The van der Waals surface area contributed by atoms with Crippen molar-refractivity contribution < 1.29 is 9.80 Å². The number of piperazine rings is 1. The summed E-state index contributed by atoms with van der Waals surface area (Å²) in [5.41, 5.74) is 1.50. The van der Waals surface area contributed by atoms with Crippen molar-refractivity contribution in [1.82, 2.24) is 0 Å². The maximum Gasteiger partial charge on any atom is 0.127 e.